The second kappa shape index (κ2) is 6.81. The van der Waals surface area contributed by atoms with Gasteiger partial charge in [-0.15, -0.1) is 0 Å². The zero-order valence-electron chi connectivity index (χ0n) is 14.8. The maximum absolute atomic E-state index is 13.0. The number of rotatable bonds is 5. The molecule has 0 fully saturated rings. The number of carbonyl (C=O) groups excluding carboxylic acids is 2. The number of carbonyl (C=O) groups is 2. The summed E-state index contributed by atoms with van der Waals surface area (Å²) < 4.78 is 16.0. The van der Waals surface area contributed by atoms with Gasteiger partial charge in [0, 0.05) is 25.7 Å². The summed E-state index contributed by atoms with van der Waals surface area (Å²) in [7, 11) is 3.95. The van der Waals surface area contributed by atoms with Gasteiger partial charge in [0.2, 0.25) is 17.4 Å². The Balaban J connectivity index is 2.60. The van der Waals surface area contributed by atoms with Crippen molar-refractivity contribution in [1.29, 1.82) is 0 Å². The van der Waals surface area contributed by atoms with Crippen LogP contribution in [0.1, 0.15) is 24.2 Å². The van der Waals surface area contributed by atoms with Crippen LogP contribution in [0.2, 0.25) is 0 Å². The molecule has 0 bridgehead atoms. The fourth-order valence-electron chi connectivity index (χ4n) is 2.74. The van der Waals surface area contributed by atoms with E-state index in [1.807, 2.05) is 0 Å². The van der Waals surface area contributed by atoms with Crippen molar-refractivity contribution in [2.24, 2.45) is 10.9 Å². The number of hydrogen-bond acceptors (Lipinski definition) is 7. The van der Waals surface area contributed by atoms with Crippen LogP contribution >= 0.6 is 0 Å². The van der Waals surface area contributed by atoms with Gasteiger partial charge in [0.05, 0.1) is 7.11 Å². The van der Waals surface area contributed by atoms with Crippen LogP contribution in [-0.4, -0.2) is 55.5 Å². The average molecular weight is 350 g/mol. The van der Waals surface area contributed by atoms with Gasteiger partial charge < -0.3 is 24.6 Å². The standard InChI is InChI=1S/C17H22N2O6/c1-10(2)16(24-4)14(22)18-17(25-5,15(19-16)23-3)13(21)11-6-8-12(20)9-7-11/h6-10,20H,1-5H3,(H,18,22)/t16-,17+/m1/s1. The smallest absolute Gasteiger partial charge is 0.283 e. The molecule has 0 aromatic heterocycles. The van der Waals surface area contributed by atoms with E-state index < -0.39 is 23.1 Å². The molecule has 2 rings (SSSR count). The number of ether oxygens (including phenoxy) is 3. The number of Topliss-reactive ketones (excluding diaryl/α,β-unsaturated/α-hetero) is 1. The summed E-state index contributed by atoms with van der Waals surface area (Å²) in [5.74, 6) is -1.63. The lowest BCUT2D eigenvalue weighted by atomic mass is 9.92. The lowest BCUT2D eigenvalue weighted by Crippen LogP contribution is -2.70. The van der Waals surface area contributed by atoms with E-state index in [4.69, 9.17) is 14.2 Å². The molecule has 1 aliphatic rings. The van der Waals surface area contributed by atoms with Crippen LogP contribution in [0.4, 0.5) is 0 Å². The molecule has 2 N–H and O–H groups in total. The van der Waals surface area contributed by atoms with Gasteiger partial charge in [-0.25, -0.2) is 4.99 Å². The maximum atomic E-state index is 13.0. The van der Waals surface area contributed by atoms with Crippen LogP contribution < -0.4 is 5.32 Å². The maximum Gasteiger partial charge on any atom is 0.283 e. The predicted octanol–water partition coefficient (Wildman–Crippen LogP) is 1.09. The quantitative estimate of drug-likeness (QED) is 0.770. The minimum Gasteiger partial charge on any atom is -0.508 e. The fourth-order valence-corrected chi connectivity index (χ4v) is 2.74. The Bertz CT molecular complexity index is 700. The van der Waals surface area contributed by atoms with E-state index in [2.05, 4.69) is 10.3 Å². The molecule has 0 radical (unpaired) electrons. The molecule has 0 aliphatic carbocycles. The van der Waals surface area contributed by atoms with Crippen molar-refractivity contribution in [3.63, 3.8) is 0 Å². The van der Waals surface area contributed by atoms with Crippen LogP contribution in [0.25, 0.3) is 0 Å². The second-order valence-electron chi connectivity index (χ2n) is 5.89. The lowest BCUT2D eigenvalue weighted by Gasteiger charge is -2.42. The van der Waals surface area contributed by atoms with E-state index >= 15 is 0 Å². The Morgan fingerprint density at radius 3 is 2.20 bits per heavy atom. The van der Waals surface area contributed by atoms with Crippen molar-refractivity contribution < 1.29 is 28.9 Å². The summed E-state index contributed by atoms with van der Waals surface area (Å²) in [6.07, 6.45) is 0. The first-order valence-corrected chi connectivity index (χ1v) is 7.68. The molecule has 8 nitrogen and oxygen atoms in total. The first-order valence-electron chi connectivity index (χ1n) is 7.68. The van der Waals surface area contributed by atoms with E-state index in [0.717, 1.165) is 0 Å². The molecular formula is C17H22N2O6. The Labute approximate surface area is 145 Å². The highest BCUT2D eigenvalue weighted by Crippen LogP contribution is 2.32. The molecule has 0 saturated heterocycles. The Hall–Kier alpha value is -2.45. The molecule has 0 saturated carbocycles. The third-order valence-electron chi connectivity index (χ3n) is 4.23. The van der Waals surface area contributed by atoms with Crippen molar-refractivity contribution in [2.75, 3.05) is 21.3 Å². The highest BCUT2D eigenvalue weighted by molar-refractivity contribution is 6.20. The molecule has 0 spiro atoms. The minimum atomic E-state index is -1.92. The minimum absolute atomic E-state index is 0.00883. The van der Waals surface area contributed by atoms with Crippen molar-refractivity contribution in [3.8, 4) is 5.75 Å². The van der Waals surface area contributed by atoms with Gasteiger partial charge in [-0.05, 0) is 24.3 Å². The van der Waals surface area contributed by atoms with Gasteiger partial charge in [-0.3, -0.25) is 9.59 Å². The van der Waals surface area contributed by atoms with Crippen molar-refractivity contribution in [1.82, 2.24) is 5.32 Å². The number of phenolic OH excluding ortho intramolecular Hbond substituents is 1. The van der Waals surface area contributed by atoms with Gasteiger partial charge in [-0.1, -0.05) is 13.8 Å². The SMILES string of the molecule is COC1=N[C@@](OC)(C(C)C)C(=O)N[C@]1(OC)C(=O)c1ccc(O)cc1. The molecule has 1 aromatic carbocycles. The zero-order chi connectivity index (χ0) is 18.8. The fraction of sp³-hybridized carbons (Fsp3) is 0.471. The van der Waals surface area contributed by atoms with Crippen LogP contribution in [0.3, 0.4) is 0 Å². The summed E-state index contributed by atoms with van der Waals surface area (Å²) in [5.41, 5.74) is -3.23. The zero-order valence-corrected chi connectivity index (χ0v) is 14.8. The molecule has 1 aromatic rings. The number of nitrogens with one attached hydrogen (secondary N) is 1. The first-order chi connectivity index (χ1) is 11.8. The van der Waals surface area contributed by atoms with Crippen LogP contribution in [0.5, 0.6) is 5.75 Å². The van der Waals surface area contributed by atoms with Crippen LogP contribution in [0.15, 0.2) is 29.3 Å². The van der Waals surface area contributed by atoms with E-state index in [0.29, 0.717) is 0 Å². The van der Waals surface area contributed by atoms with Crippen LogP contribution in [-0.2, 0) is 19.0 Å². The van der Waals surface area contributed by atoms with Gasteiger partial charge in [0.15, 0.2) is 0 Å². The average Bonchev–Trinajstić information content (AvgIpc) is 2.61. The summed E-state index contributed by atoms with van der Waals surface area (Å²) in [6, 6.07) is 5.55. The number of ketones is 1. The van der Waals surface area contributed by atoms with Gasteiger partial charge >= 0.3 is 0 Å². The number of nitrogens with zero attached hydrogens (tertiary/aromatic N) is 1. The normalized spacial score (nSPS) is 26.2. The number of benzene rings is 1. The first kappa shape index (κ1) is 18.9. The highest BCUT2D eigenvalue weighted by Gasteiger charge is 2.58. The Morgan fingerprint density at radius 1 is 1.16 bits per heavy atom. The topological polar surface area (TPSA) is 106 Å². The highest BCUT2D eigenvalue weighted by atomic mass is 16.6. The van der Waals surface area contributed by atoms with Gasteiger partial charge in [-0.2, -0.15) is 0 Å². The number of aliphatic imine (C=N–C) groups is 1. The third kappa shape index (κ3) is 2.87. The van der Waals surface area contributed by atoms with E-state index in [1.54, 1.807) is 13.8 Å². The molecule has 0 unspecified atom stereocenters. The number of methoxy groups -OCH3 is 3. The van der Waals surface area contributed by atoms with Crippen LogP contribution in [0, 0.1) is 5.92 Å². The molecular weight excluding hydrogens is 328 g/mol. The van der Waals surface area contributed by atoms with E-state index in [-0.39, 0.29) is 23.1 Å². The summed E-state index contributed by atoms with van der Waals surface area (Å²) in [4.78, 5) is 30.1. The van der Waals surface area contributed by atoms with Crippen molar-refractivity contribution in [3.05, 3.63) is 29.8 Å². The molecule has 2 atom stereocenters. The molecule has 25 heavy (non-hydrogen) atoms. The van der Waals surface area contributed by atoms with E-state index in [1.165, 1.54) is 45.6 Å². The number of aromatic hydroxyl groups is 1. The number of phenols is 1. The molecule has 136 valence electrons. The number of hydrogen-bond donors (Lipinski definition) is 2. The second-order valence-corrected chi connectivity index (χ2v) is 5.89. The molecule has 1 amide bonds. The summed E-state index contributed by atoms with van der Waals surface area (Å²) in [5, 5.41) is 12.0. The Kier molecular flexibility index (Phi) is 5.15. The summed E-state index contributed by atoms with van der Waals surface area (Å²) >= 11 is 0. The number of amides is 1. The summed E-state index contributed by atoms with van der Waals surface area (Å²) in [6.45, 7) is 3.53. The van der Waals surface area contributed by atoms with Gasteiger partial charge in [0.1, 0.15) is 5.75 Å². The van der Waals surface area contributed by atoms with Gasteiger partial charge in [0.25, 0.3) is 11.6 Å². The lowest BCUT2D eigenvalue weighted by molar-refractivity contribution is -0.156. The predicted molar refractivity (Wildman–Crippen MR) is 89.3 cm³/mol. The van der Waals surface area contributed by atoms with E-state index in [9.17, 15) is 14.7 Å². The largest absolute Gasteiger partial charge is 0.508 e. The molecule has 1 heterocycles. The third-order valence-corrected chi connectivity index (χ3v) is 4.23. The Morgan fingerprint density at radius 2 is 1.76 bits per heavy atom. The van der Waals surface area contributed by atoms with Crippen molar-refractivity contribution >= 4 is 17.6 Å². The molecule has 8 heteroatoms. The van der Waals surface area contributed by atoms with Crippen molar-refractivity contribution in [2.45, 2.75) is 25.3 Å². The monoisotopic (exact) mass is 350 g/mol. The molecule has 1 aliphatic heterocycles.